The molecule has 0 aliphatic carbocycles. The fraction of sp³-hybridized carbons (Fsp3) is 0.667. The van der Waals surface area contributed by atoms with E-state index in [0.29, 0.717) is 12.8 Å². The van der Waals surface area contributed by atoms with Crippen molar-refractivity contribution >= 4 is 11.8 Å². The summed E-state index contributed by atoms with van der Waals surface area (Å²) in [4.78, 5) is 33.2. The number of nitrogens with zero attached hydrogens (tertiary/aromatic N) is 3. The van der Waals surface area contributed by atoms with Crippen LogP contribution in [0.4, 0.5) is 0 Å². The SMILES string of the molecule is O=C(Cc1ccccn1)N1CCC2(CCC(=O)N(C[C@@H]3CCCO3)C2)CC1. The van der Waals surface area contributed by atoms with Crippen LogP contribution >= 0.6 is 0 Å². The number of hydrogen-bond donors (Lipinski definition) is 0. The zero-order valence-electron chi connectivity index (χ0n) is 15.9. The van der Waals surface area contributed by atoms with E-state index in [0.717, 1.165) is 70.6 Å². The summed E-state index contributed by atoms with van der Waals surface area (Å²) in [5, 5.41) is 0. The van der Waals surface area contributed by atoms with Crippen LogP contribution in [0.15, 0.2) is 24.4 Å². The van der Waals surface area contributed by atoms with Gasteiger partial charge in [-0.2, -0.15) is 0 Å². The molecule has 6 nitrogen and oxygen atoms in total. The molecule has 0 saturated carbocycles. The largest absolute Gasteiger partial charge is 0.376 e. The minimum absolute atomic E-state index is 0.159. The molecule has 0 N–H and O–H groups in total. The quantitative estimate of drug-likeness (QED) is 0.813. The average Bonchev–Trinajstić information content (AvgIpc) is 3.19. The summed E-state index contributed by atoms with van der Waals surface area (Å²) < 4.78 is 5.73. The van der Waals surface area contributed by atoms with Crippen LogP contribution in [0, 0.1) is 5.41 Å². The Balaban J connectivity index is 1.31. The van der Waals surface area contributed by atoms with Gasteiger partial charge in [-0.05, 0) is 49.7 Å². The van der Waals surface area contributed by atoms with Gasteiger partial charge in [-0.1, -0.05) is 6.07 Å². The molecule has 3 aliphatic heterocycles. The van der Waals surface area contributed by atoms with Crippen molar-refractivity contribution in [2.24, 2.45) is 5.41 Å². The molecule has 0 aromatic carbocycles. The van der Waals surface area contributed by atoms with Gasteiger partial charge in [0.2, 0.25) is 11.8 Å². The number of amides is 2. The predicted molar refractivity (Wildman–Crippen MR) is 101 cm³/mol. The van der Waals surface area contributed by atoms with Crippen molar-refractivity contribution in [2.75, 3.05) is 32.8 Å². The van der Waals surface area contributed by atoms with Crippen LogP contribution in [0.2, 0.25) is 0 Å². The second-order valence-corrected chi connectivity index (χ2v) is 8.29. The first kappa shape index (κ1) is 18.4. The molecule has 4 rings (SSSR count). The standard InChI is InChI=1S/C21H29N3O3/c25-19-6-7-21(16-24(19)15-18-5-3-13-27-18)8-11-23(12-9-21)20(26)14-17-4-1-2-10-22-17/h1-2,4,10,18H,3,5-9,11-16H2/t18-/m0/s1. The molecule has 3 saturated heterocycles. The van der Waals surface area contributed by atoms with E-state index in [1.807, 2.05) is 28.0 Å². The van der Waals surface area contributed by atoms with E-state index >= 15 is 0 Å². The molecule has 2 amide bonds. The van der Waals surface area contributed by atoms with Gasteiger partial charge in [-0.15, -0.1) is 0 Å². The number of pyridine rings is 1. The monoisotopic (exact) mass is 371 g/mol. The molecule has 1 aromatic heterocycles. The number of ether oxygens (including phenoxy) is 1. The predicted octanol–water partition coefficient (Wildman–Crippen LogP) is 2.03. The average molecular weight is 371 g/mol. The highest BCUT2D eigenvalue weighted by atomic mass is 16.5. The number of rotatable bonds is 4. The Labute approximate surface area is 160 Å². The van der Waals surface area contributed by atoms with E-state index in [1.54, 1.807) is 6.20 Å². The minimum atomic E-state index is 0.159. The number of carbonyl (C=O) groups is 2. The molecule has 3 aliphatic rings. The second kappa shape index (κ2) is 7.97. The van der Waals surface area contributed by atoms with Gasteiger partial charge in [0.1, 0.15) is 0 Å². The van der Waals surface area contributed by atoms with Gasteiger partial charge in [0, 0.05) is 51.1 Å². The Morgan fingerprint density at radius 2 is 2.11 bits per heavy atom. The smallest absolute Gasteiger partial charge is 0.228 e. The summed E-state index contributed by atoms with van der Waals surface area (Å²) in [7, 11) is 0. The third-order valence-corrected chi connectivity index (χ3v) is 6.43. The first-order valence-electron chi connectivity index (χ1n) is 10.2. The maximum absolute atomic E-state index is 12.6. The molecule has 1 atom stereocenters. The van der Waals surface area contributed by atoms with Crippen molar-refractivity contribution in [3.05, 3.63) is 30.1 Å². The Kier molecular flexibility index (Phi) is 5.43. The molecule has 4 heterocycles. The topological polar surface area (TPSA) is 62.7 Å². The van der Waals surface area contributed by atoms with Crippen LogP contribution in [0.1, 0.15) is 44.2 Å². The molecule has 0 unspecified atom stereocenters. The molecule has 0 bridgehead atoms. The van der Waals surface area contributed by atoms with E-state index in [4.69, 9.17) is 4.74 Å². The fourth-order valence-corrected chi connectivity index (χ4v) is 4.71. The Hall–Kier alpha value is -1.95. The van der Waals surface area contributed by atoms with Gasteiger partial charge >= 0.3 is 0 Å². The second-order valence-electron chi connectivity index (χ2n) is 8.29. The van der Waals surface area contributed by atoms with E-state index in [9.17, 15) is 9.59 Å². The molecular formula is C21H29N3O3. The van der Waals surface area contributed by atoms with Crippen molar-refractivity contribution in [3.8, 4) is 0 Å². The number of aromatic nitrogens is 1. The molecule has 1 aromatic rings. The zero-order valence-corrected chi connectivity index (χ0v) is 15.9. The van der Waals surface area contributed by atoms with Crippen molar-refractivity contribution in [1.82, 2.24) is 14.8 Å². The summed E-state index contributed by atoms with van der Waals surface area (Å²) in [6, 6.07) is 5.69. The lowest BCUT2D eigenvalue weighted by Gasteiger charge is -2.47. The molecule has 3 fully saturated rings. The number of carbonyl (C=O) groups excluding carboxylic acids is 2. The minimum Gasteiger partial charge on any atom is -0.376 e. The van der Waals surface area contributed by atoms with E-state index in [1.165, 1.54) is 0 Å². The van der Waals surface area contributed by atoms with Crippen molar-refractivity contribution in [3.63, 3.8) is 0 Å². The first-order chi connectivity index (χ1) is 13.1. The van der Waals surface area contributed by atoms with Gasteiger partial charge in [0.15, 0.2) is 0 Å². The van der Waals surface area contributed by atoms with Crippen LogP contribution in [0.3, 0.4) is 0 Å². The molecule has 146 valence electrons. The van der Waals surface area contributed by atoms with Crippen LogP contribution in [0.25, 0.3) is 0 Å². The number of likely N-dealkylation sites (tertiary alicyclic amines) is 2. The third kappa shape index (κ3) is 4.32. The van der Waals surface area contributed by atoms with Gasteiger partial charge in [0.25, 0.3) is 0 Å². The van der Waals surface area contributed by atoms with Crippen molar-refractivity contribution < 1.29 is 14.3 Å². The first-order valence-corrected chi connectivity index (χ1v) is 10.2. The maximum atomic E-state index is 12.6. The molecule has 27 heavy (non-hydrogen) atoms. The highest BCUT2D eigenvalue weighted by Crippen LogP contribution is 2.40. The summed E-state index contributed by atoms with van der Waals surface area (Å²) in [5.74, 6) is 0.427. The van der Waals surface area contributed by atoms with Gasteiger partial charge in [-0.3, -0.25) is 14.6 Å². The van der Waals surface area contributed by atoms with Crippen LogP contribution in [0.5, 0.6) is 0 Å². The summed E-state index contributed by atoms with van der Waals surface area (Å²) in [6.07, 6.45) is 8.03. The molecule has 6 heteroatoms. The van der Waals surface area contributed by atoms with Gasteiger partial charge in [0.05, 0.1) is 12.5 Å². The van der Waals surface area contributed by atoms with Crippen molar-refractivity contribution in [2.45, 2.75) is 51.0 Å². The highest BCUT2D eigenvalue weighted by Gasteiger charge is 2.42. The highest BCUT2D eigenvalue weighted by molar-refractivity contribution is 5.79. The number of hydrogen-bond acceptors (Lipinski definition) is 4. The zero-order chi connectivity index (χ0) is 18.7. The lowest BCUT2D eigenvalue weighted by molar-refractivity contribution is -0.143. The lowest BCUT2D eigenvalue weighted by Crippen LogP contribution is -2.53. The molecule has 0 radical (unpaired) electrons. The lowest BCUT2D eigenvalue weighted by atomic mass is 9.72. The molecular weight excluding hydrogens is 342 g/mol. The summed E-state index contributed by atoms with van der Waals surface area (Å²) in [5.41, 5.74) is 1.00. The van der Waals surface area contributed by atoms with Crippen LogP contribution < -0.4 is 0 Å². The van der Waals surface area contributed by atoms with Crippen LogP contribution in [-0.2, 0) is 20.7 Å². The number of piperidine rings is 2. The Morgan fingerprint density at radius 1 is 1.26 bits per heavy atom. The van der Waals surface area contributed by atoms with Gasteiger partial charge in [-0.25, -0.2) is 0 Å². The van der Waals surface area contributed by atoms with Crippen LogP contribution in [-0.4, -0.2) is 65.5 Å². The van der Waals surface area contributed by atoms with E-state index in [2.05, 4.69) is 4.98 Å². The normalized spacial score (nSPS) is 25.2. The maximum Gasteiger partial charge on any atom is 0.228 e. The van der Waals surface area contributed by atoms with E-state index < -0.39 is 0 Å². The summed E-state index contributed by atoms with van der Waals surface area (Å²) in [6.45, 7) is 3.96. The fourth-order valence-electron chi connectivity index (χ4n) is 4.71. The molecule has 1 spiro atoms. The summed E-state index contributed by atoms with van der Waals surface area (Å²) >= 11 is 0. The van der Waals surface area contributed by atoms with E-state index in [-0.39, 0.29) is 23.3 Å². The van der Waals surface area contributed by atoms with Gasteiger partial charge < -0.3 is 14.5 Å². The van der Waals surface area contributed by atoms with Crippen molar-refractivity contribution in [1.29, 1.82) is 0 Å². The Bertz CT molecular complexity index is 665. The Morgan fingerprint density at radius 3 is 2.81 bits per heavy atom. The third-order valence-electron chi connectivity index (χ3n) is 6.43.